The number of nitrogens with one attached hydrogen (secondary N) is 1. The molecule has 1 fully saturated rings. The maximum atomic E-state index is 12.7. The molecule has 0 aromatic heterocycles. The summed E-state index contributed by atoms with van der Waals surface area (Å²) in [5.74, 6) is -1.15. The van der Waals surface area contributed by atoms with Crippen LogP contribution in [0.1, 0.15) is 41.6 Å². The van der Waals surface area contributed by atoms with Crippen molar-refractivity contribution in [1.29, 1.82) is 0 Å². The topological polar surface area (TPSA) is 73.9 Å². The fourth-order valence-electron chi connectivity index (χ4n) is 3.52. The van der Waals surface area contributed by atoms with Crippen molar-refractivity contribution < 1.29 is 37.0 Å². The molecule has 158 valence electrons. The summed E-state index contributed by atoms with van der Waals surface area (Å²) in [4.78, 5) is 24.1. The Kier molecular flexibility index (Phi) is 5.05. The first-order valence-corrected chi connectivity index (χ1v) is 9.40. The molecule has 0 unspecified atom stereocenters. The average molecular weight is 421 g/mol. The van der Waals surface area contributed by atoms with Gasteiger partial charge in [-0.25, -0.2) is 4.79 Å². The minimum atomic E-state index is -4.58. The molecule has 2 aromatic rings. The third kappa shape index (κ3) is 4.19. The van der Waals surface area contributed by atoms with E-state index in [4.69, 9.17) is 14.2 Å². The lowest BCUT2D eigenvalue weighted by molar-refractivity contribution is -0.137. The minimum Gasteiger partial charge on any atom is -0.452 e. The molecule has 1 N–H and O–H groups in total. The first-order valence-electron chi connectivity index (χ1n) is 9.40. The number of anilines is 1. The van der Waals surface area contributed by atoms with E-state index in [1.54, 1.807) is 18.2 Å². The maximum absolute atomic E-state index is 12.7. The zero-order chi connectivity index (χ0) is 21.4. The van der Waals surface area contributed by atoms with Gasteiger partial charge in [0.1, 0.15) is 0 Å². The Morgan fingerprint density at radius 3 is 2.50 bits per heavy atom. The van der Waals surface area contributed by atoms with Gasteiger partial charge in [-0.05, 0) is 43.2 Å². The van der Waals surface area contributed by atoms with Crippen molar-refractivity contribution in [1.82, 2.24) is 0 Å². The van der Waals surface area contributed by atoms with Crippen LogP contribution in [-0.2, 0) is 15.7 Å². The van der Waals surface area contributed by atoms with Crippen LogP contribution >= 0.6 is 0 Å². The van der Waals surface area contributed by atoms with Crippen LogP contribution in [0.5, 0.6) is 11.5 Å². The molecule has 1 spiro atoms. The summed E-state index contributed by atoms with van der Waals surface area (Å²) in [6, 6.07) is 8.75. The smallest absolute Gasteiger partial charge is 0.416 e. The van der Waals surface area contributed by atoms with Gasteiger partial charge in [0.2, 0.25) is 0 Å². The second kappa shape index (κ2) is 7.55. The minimum absolute atomic E-state index is 0.289. The number of fused-ring (bicyclic) bond motifs is 1. The lowest BCUT2D eigenvalue weighted by Gasteiger charge is -2.21. The van der Waals surface area contributed by atoms with E-state index in [0.29, 0.717) is 23.3 Å². The molecule has 1 aliphatic carbocycles. The number of amides is 1. The van der Waals surface area contributed by atoms with Gasteiger partial charge in [-0.1, -0.05) is 6.07 Å². The van der Waals surface area contributed by atoms with Gasteiger partial charge in [0, 0.05) is 24.6 Å². The van der Waals surface area contributed by atoms with E-state index in [0.717, 1.165) is 37.8 Å². The number of rotatable bonds is 4. The van der Waals surface area contributed by atoms with Gasteiger partial charge >= 0.3 is 12.1 Å². The number of hydrogen-bond donors (Lipinski definition) is 1. The summed E-state index contributed by atoms with van der Waals surface area (Å²) in [5.41, 5.74) is -0.836. The largest absolute Gasteiger partial charge is 0.452 e. The summed E-state index contributed by atoms with van der Waals surface area (Å²) in [6.07, 6.45) is -0.933. The van der Waals surface area contributed by atoms with Gasteiger partial charge < -0.3 is 19.5 Å². The Labute approximate surface area is 169 Å². The van der Waals surface area contributed by atoms with Crippen molar-refractivity contribution in [3.05, 3.63) is 53.6 Å². The maximum Gasteiger partial charge on any atom is 0.416 e. The zero-order valence-electron chi connectivity index (χ0n) is 15.8. The van der Waals surface area contributed by atoms with Gasteiger partial charge in [-0.15, -0.1) is 0 Å². The van der Waals surface area contributed by atoms with E-state index >= 15 is 0 Å². The molecule has 1 amide bonds. The summed E-state index contributed by atoms with van der Waals surface area (Å²) in [6.45, 7) is -0.645. The van der Waals surface area contributed by atoms with Crippen LogP contribution < -0.4 is 14.8 Å². The monoisotopic (exact) mass is 421 g/mol. The van der Waals surface area contributed by atoms with Crippen molar-refractivity contribution in [3.63, 3.8) is 0 Å². The Hall–Kier alpha value is -3.23. The molecule has 1 aliphatic heterocycles. The average Bonchev–Trinajstić information content (AvgIpc) is 3.31. The number of hydrogen-bond acceptors (Lipinski definition) is 5. The van der Waals surface area contributed by atoms with Crippen molar-refractivity contribution in [2.75, 3.05) is 11.9 Å². The standard InChI is InChI=1S/C21H18F3NO5/c22-21(23,24)14-5-3-4-13(10-14)19(27)28-12-18(26)25-15-6-7-16-17(11-15)30-20(29-16)8-1-2-9-20/h3-7,10-11H,1-2,8-9,12H2,(H,25,26). The Morgan fingerprint density at radius 1 is 1.03 bits per heavy atom. The van der Waals surface area contributed by atoms with Gasteiger partial charge in [0.05, 0.1) is 11.1 Å². The number of esters is 1. The van der Waals surface area contributed by atoms with Crippen LogP contribution in [0.2, 0.25) is 0 Å². The molecule has 6 nitrogen and oxygen atoms in total. The SMILES string of the molecule is O=C(COC(=O)c1cccc(C(F)(F)F)c1)Nc1ccc2c(c1)OC1(CCCC1)O2. The van der Waals surface area contributed by atoms with Crippen LogP contribution in [0.4, 0.5) is 18.9 Å². The highest BCUT2D eigenvalue weighted by molar-refractivity contribution is 5.95. The molecule has 4 rings (SSSR count). The molecule has 2 aromatic carbocycles. The van der Waals surface area contributed by atoms with E-state index in [-0.39, 0.29) is 5.56 Å². The molecule has 1 heterocycles. The lowest BCUT2D eigenvalue weighted by atomic mass is 10.1. The molecule has 30 heavy (non-hydrogen) atoms. The lowest BCUT2D eigenvalue weighted by Crippen LogP contribution is -2.34. The van der Waals surface area contributed by atoms with Crippen molar-refractivity contribution in [2.24, 2.45) is 0 Å². The third-order valence-electron chi connectivity index (χ3n) is 4.94. The van der Waals surface area contributed by atoms with Crippen molar-refractivity contribution >= 4 is 17.6 Å². The first-order chi connectivity index (χ1) is 14.2. The van der Waals surface area contributed by atoms with Crippen molar-refractivity contribution in [3.8, 4) is 11.5 Å². The van der Waals surface area contributed by atoms with Crippen LogP contribution in [0.3, 0.4) is 0 Å². The molecule has 9 heteroatoms. The van der Waals surface area contributed by atoms with Gasteiger partial charge in [-0.3, -0.25) is 4.79 Å². The van der Waals surface area contributed by atoms with E-state index < -0.39 is 36.0 Å². The first kappa shape index (κ1) is 20.1. The number of carbonyl (C=O) groups is 2. The van der Waals surface area contributed by atoms with Gasteiger partial charge in [0.15, 0.2) is 18.1 Å². The molecule has 0 saturated heterocycles. The van der Waals surface area contributed by atoms with E-state index in [1.807, 2.05) is 0 Å². The van der Waals surface area contributed by atoms with Crippen LogP contribution in [0, 0.1) is 0 Å². The Balaban J connectivity index is 1.33. The number of benzene rings is 2. The predicted octanol–water partition coefficient (Wildman–Crippen LogP) is 4.54. The second-order valence-electron chi connectivity index (χ2n) is 7.19. The Bertz CT molecular complexity index is 983. The van der Waals surface area contributed by atoms with Gasteiger partial charge in [0.25, 0.3) is 11.7 Å². The molecule has 1 saturated carbocycles. The summed E-state index contributed by atoms with van der Waals surface area (Å²) in [5, 5.41) is 2.56. The molecule has 0 bridgehead atoms. The summed E-state index contributed by atoms with van der Waals surface area (Å²) >= 11 is 0. The number of carbonyl (C=O) groups excluding carboxylic acids is 2. The highest BCUT2D eigenvalue weighted by atomic mass is 19.4. The molecule has 2 aliphatic rings. The van der Waals surface area contributed by atoms with Crippen LogP contribution in [-0.4, -0.2) is 24.3 Å². The molecule has 0 atom stereocenters. The molecular weight excluding hydrogens is 403 g/mol. The fraction of sp³-hybridized carbons (Fsp3) is 0.333. The van der Waals surface area contributed by atoms with Crippen LogP contribution in [0.15, 0.2) is 42.5 Å². The van der Waals surface area contributed by atoms with E-state index in [1.165, 1.54) is 6.07 Å². The zero-order valence-corrected chi connectivity index (χ0v) is 15.8. The normalized spacial score (nSPS) is 16.5. The van der Waals surface area contributed by atoms with Crippen molar-refractivity contribution in [2.45, 2.75) is 37.6 Å². The third-order valence-corrected chi connectivity index (χ3v) is 4.94. The highest BCUT2D eigenvalue weighted by Gasteiger charge is 2.44. The number of alkyl halides is 3. The number of ether oxygens (including phenoxy) is 3. The second-order valence-corrected chi connectivity index (χ2v) is 7.19. The number of halogens is 3. The summed E-state index contributed by atoms with van der Waals surface area (Å²) in [7, 11) is 0. The summed E-state index contributed by atoms with van der Waals surface area (Å²) < 4.78 is 54.9. The Morgan fingerprint density at radius 2 is 1.77 bits per heavy atom. The van der Waals surface area contributed by atoms with E-state index in [9.17, 15) is 22.8 Å². The quantitative estimate of drug-likeness (QED) is 0.734. The molecule has 0 radical (unpaired) electrons. The predicted molar refractivity (Wildman–Crippen MR) is 99.3 cm³/mol. The fourth-order valence-corrected chi connectivity index (χ4v) is 3.52. The highest BCUT2D eigenvalue weighted by Crippen LogP contribution is 2.47. The molecular formula is C21H18F3NO5. The van der Waals surface area contributed by atoms with Gasteiger partial charge in [-0.2, -0.15) is 13.2 Å². The van der Waals surface area contributed by atoms with Crippen LogP contribution in [0.25, 0.3) is 0 Å². The van der Waals surface area contributed by atoms with E-state index in [2.05, 4.69) is 5.32 Å².